The quantitative estimate of drug-likeness (QED) is 0.822. The molecule has 1 aliphatic heterocycles. The van der Waals surface area contributed by atoms with Crippen molar-refractivity contribution in [2.24, 2.45) is 17.6 Å². The van der Waals surface area contributed by atoms with Gasteiger partial charge in [-0.3, -0.25) is 0 Å². The predicted octanol–water partition coefficient (Wildman–Crippen LogP) is 1.14. The van der Waals surface area contributed by atoms with Gasteiger partial charge in [-0.1, -0.05) is 6.42 Å². The number of nitrogens with zero attached hydrogens (tertiary/aromatic N) is 3. The van der Waals surface area contributed by atoms with E-state index in [4.69, 9.17) is 10.5 Å². The van der Waals surface area contributed by atoms with E-state index in [1.807, 2.05) is 13.0 Å². The van der Waals surface area contributed by atoms with Crippen LogP contribution >= 0.6 is 0 Å². The lowest BCUT2D eigenvalue weighted by atomic mass is 9.78. The van der Waals surface area contributed by atoms with Crippen LogP contribution in [0.4, 0.5) is 5.82 Å². The lowest BCUT2D eigenvalue weighted by molar-refractivity contribution is 0.0586. The van der Waals surface area contributed by atoms with E-state index in [1.165, 1.54) is 20.0 Å². The standard InChI is InChI=1S/C15H22N4O2/c1-9-6-13(18-14(17-9)15(20)21-2)19-7-10-4-3-5-12(16)11(10)8-19/h6,10-12H,3-5,7-8,16H2,1-2H3. The molecule has 0 bridgehead atoms. The molecule has 0 amide bonds. The molecule has 2 aliphatic rings. The Balaban J connectivity index is 1.84. The van der Waals surface area contributed by atoms with E-state index in [-0.39, 0.29) is 11.9 Å². The Hall–Kier alpha value is -1.69. The van der Waals surface area contributed by atoms with E-state index in [9.17, 15) is 4.79 Å². The van der Waals surface area contributed by atoms with Gasteiger partial charge in [-0.05, 0) is 31.6 Å². The molecule has 2 fully saturated rings. The molecule has 2 heterocycles. The van der Waals surface area contributed by atoms with E-state index in [1.54, 1.807) is 0 Å². The van der Waals surface area contributed by atoms with Gasteiger partial charge < -0.3 is 15.4 Å². The molecule has 6 nitrogen and oxygen atoms in total. The molecule has 0 radical (unpaired) electrons. The summed E-state index contributed by atoms with van der Waals surface area (Å²) in [5, 5.41) is 0. The van der Waals surface area contributed by atoms with Crippen molar-refractivity contribution in [3.8, 4) is 0 Å². The van der Waals surface area contributed by atoms with Crippen LogP contribution in [0.15, 0.2) is 6.07 Å². The number of anilines is 1. The molecule has 21 heavy (non-hydrogen) atoms. The Morgan fingerprint density at radius 1 is 1.38 bits per heavy atom. The number of fused-ring (bicyclic) bond motifs is 1. The molecule has 3 atom stereocenters. The fourth-order valence-corrected chi connectivity index (χ4v) is 3.60. The molecule has 1 aromatic heterocycles. The van der Waals surface area contributed by atoms with E-state index in [0.29, 0.717) is 11.8 Å². The first kappa shape index (κ1) is 14.3. The van der Waals surface area contributed by atoms with Gasteiger partial charge >= 0.3 is 5.97 Å². The number of esters is 1. The third kappa shape index (κ3) is 2.72. The number of carbonyl (C=O) groups excluding carboxylic acids is 1. The highest BCUT2D eigenvalue weighted by Gasteiger charge is 2.39. The second-order valence-corrected chi connectivity index (χ2v) is 6.11. The van der Waals surface area contributed by atoms with Crippen LogP contribution in [-0.2, 0) is 4.74 Å². The summed E-state index contributed by atoms with van der Waals surface area (Å²) in [7, 11) is 1.34. The van der Waals surface area contributed by atoms with Gasteiger partial charge in [0.25, 0.3) is 0 Å². The maximum atomic E-state index is 11.7. The molecule has 1 aromatic rings. The molecule has 1 aliphatic carbocycles. The lowest BCUT2D eigenvalue weighted by Gasteiger charge is -2.29. The Kier molecular flexibility index (Phi) is 3.80. The highest BCUT2D eigenvalue weighted by Crippen LogP contribution is 2.37. The molecule has 1 saturated carbocycles. The molecule has 2 N–H and O–H groups in total. The number of hydrogen-bond acceptors (Lipinski definition) is 6. The van der Waals surface area contributed by atoms with Crippen molar-refractivity contribution in [1.29, 1.82) is 0 Å². The summed E-state index contributed by atoms with van der Waals surface area (Å²) in [6.45, 7) is 3.75. The fourth-order valence-electron chi connectivity index (χ4n) is 3.60. The van der Waals surface area contributed by atoms with E-state index in [2.05, 4.69) is 14.9 Å². The third-order valence-corrected chi connectivity index (χ3v) is 4.69. The number of ether oxygens (including phenoxy) is 1. The van der Waals surface area contributed by atoms with Crippen LogP contribution in [0.1, 0.15) is 35.6 Å². The average Bonchev–Trinajstić information content (AvgIpc) is 2.91. The first-order chi connectivity index (χ1) is 10.1. The topological polar surface area (TPSA) is 81.3 Å². The highest BCUT2D eigenvalue weighted by atomic mass is 16.5. The van der Waals surface area contributed by atoms with Gasteiger partial charge in [0, 0.05) is 30.9 Å². The van der Waals surface area contributed by atoms with Crippen molar-refractivity contribution >= 4 is 11.8 Å². The summed E-state index contributed by atoms with van der Waals surface area (Å²) >= 11 is 0. The summed E-state index contributed by atoms with van der Waals surface area (Å²) in [6, 6.07) is 2.21. The van der Waals surface area contributed by atoms with Gasteiger partial charge in [0.2, 0.25) is 5.82 Å². The number of rotatable bonds is 2. The van der Waals surface area contributed by atoms with E-state index < -0.39 is 5.97 Å². The summed E-state index contributed by atoms with van der Waals surface area (Å²) in [6.07, 6.45) is 3.57. The van der Waals surface area contributed by atoms with Crippen molar-refractivity contribution in [2.45, 2.75) is 32.2 Å². The monoisotopic (exact) mass is 290 g/mol. The molecule has 6 heteroatoms. The first-order valence-corrected chi connectivity index (χ1v) is 7.53. The van der Waals surface area contributed by atoms with Crippen LogP contribution in [0.5, 0.6) is 0 Å². The van der Waals surface area contributed by atoms with Crippen LogP contribution in [0, 0.1) is 18.8 Å². The van der Waals surface area contributed by atoms with Gasteiger partial charge in [0.1, 0.15) is 5.82 Å². The maximum Gasteiger partial charge on any atom is 0.376 e. The Bertz CT molecular complexity index is 548. The van der Waals surface area contributed by atoms with Gasteiger partial charge in [-0.15, -0.1) is 0 Å². The Morgan fingerprint density at radius 3 is 2.90 bits per heavy atom. The minimum absolute atomic E-state index is 0.131. The van der Waals surface area contributed by atoms with Crippen molar-refractivity contribution in [2.75, 3.05) is 25.1 Å². The van der Waals surface area contributed by atoms with Gasteiger partial charge in [0.05, 0.1) is 7.11 Å². The predicted molar refractivity (Wildman–Crippen MR) is 79.1 cm³/mol. The summed E-state index contributed by atoms with van der Waals surface area (Å²) in [5.74, 6) is 1.63. The average molecular weight is 290 g/mol. The third-order valence-electron chi connectivity index (χ3n) is 4.69. The second kappa shape index (κ2) is 5.60. The Labute approximate surface area is 124 Å². The van der Waals surface area contributed by atoms with Crippen molar-refractivity contribution < 1.29 is 9.53 Å². The number of aromatic nitrogens is 2. The molecule has 3 unspecified atom stereocenters. The maximum absolute atomic E-state index is 11.7. The van der Waals surface area contributed by atoms with Crippen LogP contribution < -0.4 is 10.6 Å². The summed E-state index contributed by atoms with van der Waals surface area (Å²) < 4.78 is 4.72. The number of carbonyl (C=O) groups is 1. The summed E-state index contributed by atoms with van der Waals surface area (Å²) in [4.78, 5) is 22.4. The normalized spacial score (nSPS) is 28.3. The van der Waals surface area contributed by atoms with E-state index in [0.717, 1.165) is 31.0 Å². The lowest BCUT2D eigenvalue weighted by Crippen LogP contribution is -2.38. The summed E-state index contributed by atoms with van der Waals surface area (Å²) in [5.41, 5.74) is 7.03. The molecule has 1 saturated heterocycles. The molecule has 114 valence electrons. The van der Waals surface area contributed by atoms with Crippen LogP contribution in [0.3, 0.4) is 0 Å². The first-order valence-electron chi connectivity index (χ1n) is 7.53. The van der Waals surface area contributed by atoms with Crippen LogP contribution in [0.25, 0.3) is 0 Å². The number of aryl methyl sites for hydroxylation is 1. The molecular formula is C15H22N4O2. The highest BCUT2D eigenvalue weighted by molar-refractivity contribution is 5.85. The van der Waals surface area contributed by atoms with Gasteiger partial charge in [-0.25, -0.2) is 14.8 Å². The minimum Gasteiger partial charge on any atom is -0.463 e. The number of hydrogen-bond donors (Lipinski definition) is 1. The molecular weight excluding hydrogens is 268 g/mol. The molecule has 3 rings (SSSR count). The Morgan fingerprint density at radius 2 is 2.19 bits per heavy atom. The largest absolute Gasteiger partial charge is 0.463 e. The molecule has 0 aromatic carbocycles. The van der Waals surface area contributed by atoms with Gasteiger partial charge in [-0.2, -0.15) is 0 Å². The smallest absolute Gasteiger partial charge is 0.376 e. The SMILES string of the molecule is COC(=O)c1nc(C)cc(N2CC3CCCC(N)C3C2)n1. The fraction of sp³-hybridized carbons (Fsp3) is 0.667. The zero-order valence-electron chi connectivity index (χ0n) is 12.6. The van der Waals surface area contributed by atoms with E-state index >= 15 is 0 Å². The van der Waals surface area contributed by atoms with Crippen molar-refractivity contribution in [3.63, 3.8) is 0 Å². The van der Waals surface area contributed by atoms with Crippen LogP contribution in [-0.4, -0.2) is 42.2 Å². The zero-order chi connectivity index (χ0) is 15.0. The van der Waals surface area contributed by atoms with Crippen molar-refractivity contribution in [1.82, 2.24) is 9.97 Å². The number of methoxy groups -OCH3 is 1. The minimum atomic E-state index is -0.492. The number of nitrogens with two attached hydrogens (primary N) is 1. The van der Waals surface area contributed by atoms with Gasteiger partial charge in [0.15, 0.2) is 0 Å². The second-order valence-electron chi connectivity index (χ2n) is 6.11. The zero-order valence-corrected chi connectivity index (χ0v) is 12.6. The van der Waals surface area contributed by atoms with Crippen LogP contribution in [0.2, 0.25) is 0 Å². The molecule has 0 spiro atoms. The van der Waals surface area contributed by atoms with Crippen molar-refractivity contribution in [3.05, 3.63) is 17.6 Å².